The Bertz CT molecular complexity index is 973. The van der Waals surface area contributed by atoms with Crippen LogP contribution in [0.4, 0.5) is 5.69 Å². The summed E-state index contributed by atoms with van der Waals surface area (Å²) in [5, 5.41) is 11.5. The summed E-state index contributed by atoms with van der Waals surface area (Å²) in [5.74, 6) is -0.218. The van der Waals surface area contributed by atoms with Crippen LogP contribution in [0.2, 0.25) is 0 Å². The van der Waals surface area contributed by atoms with E-state index >= 15 is 0 Å². The molecule has 3 rings (SSSR count). The average molecular weight is 379 g/mol. The highest BCUT2D eigenvalue weighted by atomic mass is 16.6. The van der Waals surface area contributed by atoms with Gasteiger partial charge in [-0.1, -0.05) is 48.5 Å². The van der Waals surface area contributed by atoms with Crippen LogP contribution in [0.5, 0.6) is 17.2 Å². The second-order valence-corrected chi connectivity index (χ2v) is 5.75. The van der Waals surface area contributed by atoms with Crippen molar-refractivity contribution < 1.29 is 23.9 Å². The van der Waals surface area contributed by atoms with E-state index in [1.165, 1.54) is 13.2 Å². The molecule has 0 amide bonds. The molecule has 3 aromatic carbocycles. The number of carbonyl (C=O) groups excluding carboxylic acids is 1. The van der Waals surface area contributed by atoms with E-state index in [1.807, 2.05) is 30.3 Å². The smallest absolute Gasteiger partial charge is 0.342 e. The third-order valence-electron chi connectivity index (χ3n) is 3.88. The molecule has 0 bridgehead atoms. The van der Waals surface area contributed by atoms with E-state index in [4.69, 9.17) is 14.2 Å². The number of methoxy groups -OCH3 is 1. The van der Waals surface area contributed by atoms with Crippen molar-refractivity contribution in [2.24, 2.45) is 0 Å². The largest absolute Gasteiger partial charge is 0.496 e. The number of hydrogen-bond donors (Lipinski definition) is 0. The summed E-state index contributed by atoms with van der Waals surface area (Å²) in [6.07, 6.45) is 0. The fourth-order valence-electron chi connectivity index (χ4n) is 2.52. The van der Waals surface area contributed by atoms with Crippen LogP contribution < -0.4 is 9.47 Å². The average Bonchev–Trinajstić information content (AvgIpc) is 2.73. The number of benzene rings is 3. The van der Waals surface area contributed by atoms with Crippen molar-refractivity contribution in [1.82, 2.24) is 0 Å². The third-order valence-corrected chi connectivity index (χ3v) is 3.88. The van der Waals surface area contributed by atoms with E-state index in [-0.39, 0.29) is 29.4 Å². The normalized spacial score (nSPS) is 10.2. The zero-order chi connectivity index (χ0) is 19.9. The van der Waals surface area contributed by atoms with Gasteiger partial charge in [0.2, 0.25) is 5.75 Å². The lowest BCUT2D eigenvalue weighted by molar-refractivity contribution is -0.385. The van der Waals surface area contributed by atoms with Gasteiger partial charge in [-0.3, -0.25) is 10.1 Å². The highest BCUT2D eigenvalue weighted by Crippen LogP contribution is 2.37. The van der Waals surface area contributed by atoms with Crippen LogP contribution in [-0.2, 0) is 11.3 Å². The maximum Gasteiger partial charge on any atom is 0.342 e. The Labute approximate surface area is 161 Å². The Morgan fingerprint density at radius 2 is 1.61 bits per heavy atom. The molecule has 0 aliphatic rings. The Balaban J connectivity index is 1.89. The number of hydrogen-bond acceptors (Lipinski definition) is 6. The topological polar surface area (TPSA) is 87.9 Å². The number of ether oxygens (including phenoxy) is 3. The second-order valence-electron chi connectivity index (χ2n) is 5.75. The molecule has 142 valence electrons. The number of nitro benzene ring substituents is 1. The third kappa shape index (κ3) is 4.45. The molecule has 0 unspecified atom stereocenters. The summed E-state index contributed by atoms with van der Waals surface area (Å²) in [6, 6.07) is 20.1. The van der Waals surface area contributed by atoms with E-state index < -0.39 is 10.9 Å². The predicted molar refractivity (Wildman–Crippen MR) is 102 cm³/mol. The number of esters is 1. The first-order valence-corrected chi connectivity index (χ1v) is 8.39. The number of nitrogens with zero attached hydrogens (tertiary/aromatic N) is 1. The van der Waals surface area contributed by atoms with E-state index in [0.29, 0.717) is 5.75 Å². The van der Waals surface area contributed by atoms with Gasteiger partial charge in [-0.2, -0.15) is 0 Å². The van der Waals surface area contributed by atoms with Crippen LogP contribution >= 0.6 is 0 Å². The van der Waals surface area contributed by atoms with Crippen molar-refractivity contribution in [3.8, 4) is 17.2 Å². The fraction of sp³-hybridized carbons (Fsp3) is 0.0952. The van der Waals surface area contributed by atoms with Gasteiger partial charge in [-0.05, 0) is 17.7 Å². The molecule has 0 fully saturated rings. The first-order valence-electron chi connectivity index (χ1n) is 8.39. The van der Waals surface area contributed by atoms with Gasteiger partial charge in [0.15, 0.2) is 0 Å². The van der Waals surface area contributed by atoms with Gasteiger partial charge >= 0.3 is 11.7 Å². The monoisotopic (exact) mass is 379 g/mol. The number of nitro groups is 1. The Hall–Kier alpha value is -3.87. The SMILES string of the molecule is COc1cc(Oc2ccccc2)c([N+](=O)[O-])cc1C(=O)OCc1ccccc1. The van der Waals surface area contributed by atoms with E-state index in [0.717, 1.165) is 11.6 Å². The molecule has 0 spiro atoms. The van der Waals surface area contributed by atoms with Crippen molar-refractivity contribution in [3.05, 3.63) is 94.0 Å². The molecule has 3 aromatic rings. The van der Waals surface area contributed by atoms with Gasteiger partial charge in [0.25, 0.3) is 0 Å². The fourth-order valence-corrected chi connectivity index (χ4v) is 2.52. The van der Waals surface area contributed by atoms with Crippen molar-refractivity contribution >= 4 is 11.7 Å². The maximum atomic E-state index is 12.5. The lowest BCUT2D eigenvalue weighted by atomic mass is 10.1. The van der Waals surface area contributed by atoms with E-state index in [9.17, 15) is 14.9 Å². The summed E-state index contributed by atoms with van der Waals surface area (Å²) in [4.78, 5) is 23.4. The summed E-state index contributed by atoms with van der Waals surface area (Å²) >= 11 is 0. The molecule has 0 atom stereocenters. The minimum Gasteiger partial charge on any atom is -0.496 e. The quantitative estimate of drug-likeness (QED) is 0.334. The summed E-state index contributed by atoms with van der Waals surface area (Å²) in [6.45, 7) is 0.0406. The van der Waals surface area contributed by atoms with Gasteiger partial charge < -0.3 is 14.2 Å². The molecular weight excluding hydrogens is 362 g/mol. The highest BCUT2D eigenvalue weighted by molar-refractivity contribution is 5.94. The zero-order valence-electron chi connectivity index (χ0n) is 15.0. The predicted octanol–water partition coefficient (Wildman–Crippen LogP) is 4.75. The summed E-state index contributed by atoms with van der Waals surface area (Å²) in [5.41, 5.74) is 0.384. The van der Waals surface area contributed by atoms with Gasteiger partial charge in [-0.25, -0.2) is 4.79 Å². The Morgan fingerprint density at radius 3 is 2.21 bits per heavy atom. The molecule has 0 aromatic heterocycles. The summed E-state index contributed by atoms with van der Waals surface area (Å²) < 4.78 is 16.1. The van der Waals surface area contributed by atoms with Crippen molar-refractivity contribution in [2.45, 2.75) is 6.61 Å². The molecule has 7 heteroatoms. The molecule has 0 radical (unpaired) electrons. The molecule has 0 saturated heterocycles. The van der Waals surface area contributed by atoms with E-state index in [2.05, 4.69) is 0 Å². The minimum absolute atomic E-state index is 0.0346. The van der Waals surface area contributed by atoms with Gasteiger partial charge in [0.1, 0.15) is 23.7 Å². The molecule has 0 heterocycles. The van der Waals surface area contributed by atoms with Gasteiger partial charge in [-0.15, -0.1) is 0 Å². The van der Waals surface area contributed by atoms with Crippen LogP contribution in [0.3, 0.4) is 0 Å². The van der Waals surface area contributed by atoms with Crippen LogP contribution in [-0.4, -0.2) is 18.0 Å². The maximum absolute atomic E-state index is 12.5. The minimum atomic E-state index is -0.727. The van der Waals surface area contributed by atoms with Crippen molar-refractivity contribution in [1.29, 1.82) is 0 Å². The number of carbonyl (C=O) groups is 1. The molecule has 0 N–H and O–H groups in total. The van der Waals surface area contributed by atoms with Crippen molar-refractivity contribution in [3.63, 3.8) is 0 Å². The summed E-state index contributed by atoms with van der Waals surface area (Å²) in [7, 11) is 1.36. The van der Waals surface area contributed by atoms with Crippen molar-refractivity contribution in [2.75, 3.05) is 7.11 Å². The zero-order valence-corrected chi connectivity index (χ0v) is 15.0. The Kier molecular flexibility index (Phi) is 5.86. The molecule has 0 aliphatic heterocycles. The highest BCUT2D eigenvalue weighted by Gasteiger charge is 2.25. The lowest BCUT2D eigenvalue weighted by Crippen LogP contribution is -2.08. The van der Waals surface area contributed by atoms with E-state index in [1.54, 1.807) is 30.3 Å². The number of para-hydroxylation sites is 1. The first-order chi connectivity index (χ1) is 13.6. The molecule has 28 heavy (non-hydrogen) atoms. The molecule has 0 saturated carbocycles. The lowest BCUT2D eigenvalue weighted by Gasteiger charge is -2.12. The molecule has 0 aliphatic carbocycles. The standard InChI is InChI=1S/C21H17NO6/c1-26-19-13-20(28-16-10-6-3-7-11-16)18(22(24)25)12-17(19)21(23)27-14-15-8-4-2-5-9-15/h2-13H,14H2,1H3. The second kappa shape index (κ2) is 8.68. The van der Waals surface area contributed by atoms with Crippen LogP contribution in [0.1, 0.15) is 15.9 Å². The van der Waals surface area contributed by atoms with Crippen LogP contribution in [0.25, 0.3) is 0 Å². The molecular formula is C21H17NO6. The van der Waals surface area contributed by atoms with Crippen LogP contribution in [0.15, 0.2) is 72.8 Å². The van der Waals surface area contributed by atoms with Gasteiger partial charge in [0, 0.05) is 12.1 Å². The molecule has 7 nitrogen and oxygen atoms in total. The Morgan fingerprint density at radius 1 is 0.964 bits per heavy atom. The van der Waals surface area contributed by atoms with Crippen LogP contribution in [0, 0.1) is 10.1 Å². The number of rotatable bonds is 7. The van der Waals surface area contributed by atoms with Gasteiger partial charge in [0.05, 0.1) is 12.0 Å². The first kappa shape index (κ1) is 18.9.